The first-order valence-corrected chi connectivity index (χ1v) is 11.4. The minimum atomic E-state index is 0.690. The summed E-state index contributed by atoms with van der Waals surface area (Å²) in [5.41, 5.74) is 6.21. The molecule has 4 aromatic carbocycles. The van der Waals surface area contributed by atoms with Crippen molar-refractivity contribution < 1.29 is 0 Å². The van der Waals surface area contributed by atoms with E-state index >= 15 is 0 Å². The second-order valence-electron chi connectivity index (χ2n) is 8.05. The van der Waals surface area contributed by atoms with Gasteiger partial charge in [-0.05, 0) is 68.6 Å². The van der Waals surface area contributed by atoms with Gasteiger partial charge in [-0.3, -0.25) is 0 Å². The van der Waals surface area contributed by atoms with Crippen LogP contribution in [0.15, 0.2) is 78.9 Å². The number of aryl methyl sites for hydroxylation is 2. The minimum Gasteiger partial charge on any atom is -0.238 e. The summed E-state index contributed by atoms with van der Waals surface area (Å²) in [4.78, 5) is 2.25. The largest absolute Gasteiger partial charge is 0.238 e. The van der Waals surface area contributed by atoms with Crippen molar-refractivity contribution in [2.24, 2.45) is 0 Å². The van der Waals surface area contributed by atoms with Gasteiger partial charge in [-0.15, -0.1) is 16.4 Å². The van der Waals surface area contributed by atoms with Gasteiger partial charge in [0, 0.05) is 16.0 Å². The Morgan fingerprint density at radius 2 is 1.25 bits per heavy atom. The highest BCUT2D eigenvalue weighted by Gasteiger charge is 2.19. The van der Waals surface area contributed by atoms with Gasteiger partial charge in [0.2, 0.25) is 0 Å². The van der Waals surface area contributed by atoms with Crippen molar-refractivity contribution in [1.82, 2.24) is 20.6 Å². The highest BCUT2D eigenvalue weighted by molar-refractivity contribution is 7.19. The van der Waals surface area contributed by atoms with Crippen LogP contribution in [-0.4, -0.2) is 20.6 Å². The molecule has 32 heavy (non-hydrogen) atoms. The lowest BCUT2D eigenvalue weighted by atomic mass is 9.92. The van der Waals surface area contributed by atoms with E-state index in [1.165, 1.54) is 54.2 Å². The van der Waals surface area contributed by atoms with Crippen molar-refractivity contribution in [3.8, 4) is 32.3 Å². The van der Waals surface area contributed by atoms with E-state index in [9.17, 15) is 0 Å². The van der Waals surface area contributed by atoms with Crippen LogP contribution in [0.5, 0.6) is 0 Å². The maximum absolute atomic E-state index is 4.17. The van der Waals surface area contributed by atoms with E-state index in [4.69, 9.17) is 0 Å². The predicted molar refractivity (Wildman–Crippen MR) is 133 cm³/mol. The second-order valence-corrected chi connectivity index (χ2v) is 9.11. The van der Waals surface area contributed by atoms with E-state index in [1.807, 2.05) is 0 Å². The zero-order valence-electron chi connectivity index (χ0n) is 17.8. The number of rotatable bonds is 3. The molecule has 0 unspecified atom stereocenters. The smallest absolute Gasteiger partial charge is 0.189 e. The molecular weight excluding hydrogens is 412 g/mol. The molecule has 0 aliphatic rings. The number of hydrogen-bond acceptors (Lipinski definition) is 4. The number of nitrogens with zero attached hydrogens (tertiary/aromatic N) is 3. The van der Waals surface area contributed by atoms with E-state index in [1.54, 1.807) is 11.3 Å². The molecule has 2 heterocycles. The van der Waals surface area contributed by atoms with Gasteiger partial charge in [0.05, 0.1) is 4.88 Å². The first-order chi connectivity index (χ1) is 15.7. The van der Waals surface area contributed by atoms with Crippen LogP contribution >= 0.6 is 11.3 Å². The van der Waals surface area contributed by atoms with Crippen molar-refractivity contribution in [2.45, 2.75) is 13.8 Å². The third-order valence-corrected chi connectivity index (χ3v) is 7.30. The minimum absolute atomic E-state index is 0.690. The van der Waals surface area contributed by atoms with Crippen LogP contribution in [0.3, 0.4) is 0 Å². The van der Waals surface area contributed by atoms with Gasteiger partial charge in [-0.2, -0.15) is 0 Å². The van der Waals surface area contributed by atoms with Crippen molar-refractivity contribution in [1.29, 1.82) is 0 Å². The average molecular weight is 433 g/mol. The Balaban J connectivity index is 1.70. The maximum atomic E-state index is 4.17. The molecule has 4 nitrogen and oxygen atoms in total. The summed E-state index contributed by atoms with van der Waals surface area (Å²) in [7, 11) is 0. The number of aromatic amines is 1. The Labute approximate surface area is 189 Å². The Bertz CT molecular complexity index is 1490. The quantitative estimate of drug-likeness (QED) is 0.322. The summed E-state index contributed by atoms with van der Waals surface area (Å²) >= 11 is 1.72. The van der Waals surface area contributed by atoms with Crippen molar-refractivity contribution in [3.63, 3.8) is 0 Å². The molecule has 0 spiro atoms. The van der Waals surface area contributed by atoms with Crippen LogP contribution in [0, 0.1) is 13.8 Å². The second kappa shape index (κ2) is 7.39. The van der Waals surface area contributed by atoms with Crippen LogP contribution in [0.1, 0.15) is 11.1 Å². The summed E-state index contributed by atoms with van der Waals surface area (Å²) in [6.45, 7) is 4.33. The summed E-state index contributed by atoms with van der Waals surface area (Å²) in [5, 5.41) is 19.8. The van der Waals surface area contributed by atoms with Gasteiger partial charge in [-0.1, -0.05) is 72.8 Å². The molecule has 2 aromatic heterocycles. The highest BCUT2D eigenvalue weighted by atomic mass is 32.1. The molecule has 0 saturated carbocycles. The number of thiophene rings is 1. The first-order valence-electron chi connectivity index (χ1n) is 10.6. The van der Waals surface area contributed by atoms with Crippen LogP contribution in [0.4, 0.5) is 0 Å². The fourth-order valence-electron chi connectivity index (χ4n) is 4.50. The summed E-state index contributed by atoms with van der Waals surface area (Å²) < 4.78 is 0. The van der Waals surface area contributed by atoms with Gasteiger partial charge in [-0.25, -0.2) is 5.10 Å². The van der Waals surface area contributed by atoms with Gasteiger partial charge in [0.15, 0.2) is 5.82 Å². The number of hydrogen-bond donors (Lipinski definition) is 1. The van der Waals surface area contributed by atoms with E-state index in [0.717, 1.165) is 4.88 Å². The number of nitrogens with one attached hydrogen (secondary N) is 1. The van der Waals surface area contributed by atoms with Gasteiger partial charge in [0.1, 0.15) is 0 Å². The van der Waals surface area contributed by atoms with Crippen LogP contribution in [-0.2, 0) is 0 Å². The molecule has 5 heteroatoms. The molecule has 6 aromatic rings. The number of fused-ring (bicyclic) bond motifs is 2. The third kappa shape index (κ3) is 2.93. The van der Waals surface area contributed by atoms with Crippen LogP contribution in [0.25, 0.3) is 53.8 Å². The number of aromatic nitrogens is 4. The lowest BCUT2D eigenvalue weighted by Crippen LogP contribution is -1.87. The zero-order valence-corrected chi connectivity index (χ0v) is 18.6. The topological polar surface area (TPSA) is 54.5 Å². The van der Waals surface area contributed by atoms with E-state index in [-0.39, 0.29) is 0 Å². The Hall–Kier alpha value is -3.83. The third-order valence-electron chi connectivity index (χ3n) is 6.13. The predicted octanol–water partition coefficient (Wildman–Crippen LogP) is 7.19. The molecule has 0 bridgehead atoms. The molecule has 0 radical (unpaired) electrons. The van der Waals surface area contributed by atoms with Gasteiger partial charge in [0.25, 0.3) is 0 Å². The fourth-order valence-corrected chi connectivity index (χ4v) is 5.65. The van der Waals surface area contributed by atoms with Gasteiger partial charge >= 0.3 is 0 Å². The van der Waals surface area contributed by atoms with E-state index in [2.05, 4.69) is 113 Å². The Morgan fingerprint density at radius 1 is 0.656 bits per heavy atom. The molecule has 0 saturated heterocycles. The number of H-pyrrole nitrogens is 1. The lowest BCUT2D eigenvalue weighted by molar-refractivity contribution is 0.881. The Morgan fingerprint density at radius 3 is 1.88 bits per heavy atom. The zero-order chi connectivity index (χ0) is 21.7. The van der Waals surface area contributed by atoms with Crippen molar-refractivity contribution in [2.75, 3.05) is 0 Å². The Kier molecular flexibility index (Phi) is 4.37. The number of tetrazole rings is 1. The average Bonchev–Trinajstić information content (AvgIpc) is 3.51. The van der Waals surface area contributed by atoms with E-state index < -0.39 is 0 Å². The molecule has 0 fully saturated rings. The first kappa shape index (κ1) is 18.9. The molecule has 0 amide bonds. The molecular formula is C27H20N4S. The van der Waals surface area contributed by atoms with Crippen LogP contribution in [0.2, 0.25) is 0 Å². The van der Waals surface area contributed by atoms with Crippen molar-refractivity contribution in [3.05, 3.63) is 90.0 Å². The standard InChI is InChI=1S/C27H20N4S/c1-16-11-13-22(20-9-5-3-7-18(16)20)24-15-25(27-28-30-31-29-27)32-26(24)23-14-12-17(2)19-8-4-6-10-21(19)23/h3-15H,1-2H3,(H,28,29,30,31). The normalized spacial score (nSPS) is 11.4. The summed E-state index contributed by atoms with van der Waals surface area (Å²) in [6, 6.07) is 28.4. The van der Waals surface area contributed by atoms with E-state index in [0.29, 0.717) is 5.82 Å². The SMILES string of the molecule is Cc1ccc(-c2cc(-c3nnn[nH]3)sc2-c2ccc(C)c3ccccc23)c2ccccc12. The van der Waals surface area contributed by atoms with Crippen LogP contribution < -0.4 is 0 Å². The van der Waals surface area contributed by atoms with Crippen molar-refractivity contribution >= 4 is 32.9 Å². The molecule has 0 aliphatic carbocycles. The summed E-state index contributed by atoms with van der Waals surface area (Å²) in [6.07, 6.45) is 0. The molecule has 6 rings (SSSR count). The number of benzene rings is 4. The molecule has 0 aliphatic heterocycles. The fraction of sp³-hybridized carbons (Fsp3) is 0.0741. The monoisotopic (exact) mass is 432 g/mol. The maximum Gasteiger partial charge on any atom is 0.189 e. The van der Waals surface area contributed by atoms with Gasteiger partial charge < -0.3 is 0 Å². The lowest BCUT2D eigenvalue weighted by Gasteiger charge is -2.13. The highest BCUT2D eigenvalue weighted by Crippen LogP contribution is 2.46. The summed E-state index contributed by atoms with van der Waals surface area (Å²) in [5.74, 6) is 0.690. The molecule has 0 atom stereocenters. The molecule has 154 valence electrons. The molecule has 1 N–H and O–H groups in total.